The van der Waals surface area contributed by atoms with Gasteiger partial charge in [0.25, 0.3) is 5.91 Å². The number of halogens is 2. The quantitative estimate of drug-likeness (QED) is 0.848. The minimum Gasteiger partial charge on any atom is -0.381 e. The molecule has 110 valence electrons. The maximum Gasteiger partial charge on any atom is 0.251 e. The van der Waals surface area contributed by atoms with Crippen LogP contribution in [0, 0.1) is 11.6 Å². The van der Waals surface area contributed by atoms with Gasteiger partial charge in [-0.05, 0) is 38.2 Å². The molecule has 2 rings (SSSR count). The van der Waals surface area contributed by atoms with E-state index in [4.69, 9.17) is 0 Å². The molecule has 1 aromatic rings. The fraction of sp³-hybridized carbons (Fsp3) is 0.500. The summed E-state index contributed by atoms with van der Waals surface area (Å²) >= 11 is 1.72. The predicted octanol–water partition coefficient (Wildman–Crippen LogP) is 3.02. The molecule has 20 heavy (non-hydrogen) atoms. The van der Waals surface area contributed by atoms with E-state index in [0.29, 0.717) is 13.1 Å². The van der Waals surface area contributed by atoms with Gasteiger partial charge in [-0.1, -0.05) is 0 Å². The molecule has 0 heterocycles. The number of thioether (sulfide) groups is 1. The minimum absolute atomic E-state index is 0.0126. The Morgan fingerprint density at radius 2 is 1.95 bits per heavy atom. The number of anilines is 1. The molecule has 0 saturated heterocycles. The molecule has 1 aromatic carbocycles. The monoisotopic (exact) mass is 300 g/mol. The van der Waals surface area contributed by atoms with Crippen LogP contribution in [0.2, 0.25) is 0 Å². The second kappa shape index (κ2) is 5.99. The zero-order chi connectivity index (χ0) is 14.8. The fourth-order valence-electron chi connectivity index (χ4n) is 1.99. The highest BCUT2D eigenvalue weighted by Gasteiger charge is 2.41. The molecule has 1 aliphatic carbocycles. The molecule has 0 unspecified atom stereocenters. The highest BCUT2D eigenvalue weighted by molar-refractivity contribution is 8.00. The molecular formula is C14H18F2N2OS. The SMILES string of the molecule is CCNc1c(F)cc(C(=O)NCC2(SC)CC2)cc1F. The molecule has 1 amide bonds. The van der Waals surface area contributed by atoms with E-state index in [9.17, 15) is 13.6 Å². The zero-order valence-electron chi connectivity index (χ0n) is 11.6. The van der Waals surface area contributed by atoms with Gasteiger partial charge in [-0.25, -0.2) is 8.78 Å². The number of carbonyl (C=O) groups excluding carboxylic acids is 1. The number of amides is 1. The van der Waals surface area contributed by atoms with E-state index in [-0.39, 0.29) is 16.0 Å². The van der Waals surface area contributed by atoms with Crippen LogP contribution < -0.4 is 10.6 Å². The van der Waals surface area contributed by atoms with Crippen LogP contribution in [0.15, 0.2) is 12.1 Å². The minimum atomic E-state index is -0.747. The lowest BCUT2D eigenvalue weighted by atomic mass is 10.1. The fourth-order valence-corrected chi connectivity index (χ4v) is 2.71. The Balaban J connectivity index is 2.06. The lowest BCUT2D eigenvalue weighted by molar-refractivity contribution is 0.0952. The Kier molecular flexibility index (Phi) is 4.52. The first kappa shape index (κ1) is 15.1. The van der Waals surface area contributed by atoms with Gasteiger partial charge in [-0.2, -0.15) is 11.8 Å². The first-order valence-corrected chi connectivity index (χ1v) is 7.80. The van der Waals surface area contributed by atoms with Crippen LogP contribution in [-0.2, 0) is 0 Å². The van der Waals surface area contributed by atoms with Gasteiger partial charge in [0.05, 0.1) is 0 Å². The molecule has 1 aliphatic rings. The van der Waals surface area contributed by atoms with E-state index in [1.165, 1.54) is 0 Å². The third-order valence-electron chi connectivity index (χ3n) is 3.47. The van der Waals surface area contributed by atoms with Gasteiger partial charge in [0, 0.05) is 23.4 Å². The highest BCUT2D eigenvalue weighted by Crippen LogP contribution is 2.46. The summed E-state index contributed by atoms with van der Waals surface area (Å²) in [5.41, 5.74) is -0.176. The molecule has 0 spiro atoms. The van der Waals surface area contributed by atoms with Crippen molar-refractivity contribution in [2.45, 2.75) is 24.5 Å². The van der Waals surface area contributed by atoms with Crippen molar-refractivity contribution in [1.82, 2.24) is 5.32 Å². The van der Waals surface area contributed by atoms with Gasteiger partial charge < -0.3 is 10.6 Å². The Bertz CT molecular complexity index is 495. The summed E-state index contributed by atoms with van der Waals surface area (Å²) in [6.07, 6.45) is 4.14. The van der Waals surface area contributed by atoms with Crippen molar-refractivity contribution < 1.29 is 13.6 Å². The Hall–Kier alpha value is -1.30. The summed E-state index contributed by atoms with van der Waals surface area (Å²) in [6, 6.07) is 2.13. The van der Waals surface area contributed by atoms with Gasteiger partial charge in [-0.3, -0.25) is 4.79 Å². The van der Waals surface area contributed by atoms with Crippen molar-refractivity contribution in [3.63, 3.8) is 0 Å². The first-order valence-electron chi connectivity index (χ1n) is 6.57. The molecule has 6 heteroatoms. The van der Waals surface area contributed by atoms with Gasteiger partial charge in [0.1, 0.15) is 17.3 Å². The number of carbonyl (C=O) groups is 1. The molecule has 1 saturated carbocycles. The number of nitrogens with one attached hydrogen (secondary N) is 2. The number of benzene rings is 1. The maximum atomic E-state index is 13.7. The molecule has 2 N–H and O–H groups in total. The predicted molar refractivity (Wildman–Crippen MR) is 78.3 cm³/mol. The Morgan fingerprint density at radius 3 is 2.40 bits per heavy atom. The van der Waals surface area contributed by atoms with E-state index >= 15 is 0 Å². The van der Waals surface area contributed by atoms with Crippen molar-refractivity contribution in [2.24, 2.45) is 0 Å². The molecule has 3 nitrogen and oxygen atoms in total. The van der Waals surface area contributed by atoms with Crippen LogP contribution in [0.3, 0.4) is 0 Å². The smallest absolute Gasteiger partial charge is 0.251 e. The Labute approximate surface area is 121 Å². The molecule has 0 radical (unpaired) electrons. The molecule has 0 aliphatic heterocycles. The van der Waals surface area contributed by atoms with Crippen LogP contribution in [0.5, 0.6) is 0 Å². The summed E-state index contributed by atoms with van der Waals surface area (Å²) < 4.78 is 27.6. The van der Waals surface area contributed by atoms with Crippen molar-refractivity contribution in [3.05, 3.63) is 29.3 Å². The molecule has 0 bridgehead atoms. The van der Waals surface area contributed by atoms with E-state index < -0.39 is 17.5 Å². The maximum absolute atomic E-state index is 13.7. The summed E-state index contributed by atoms with van der Waals surface area (Å²) in [5, 5.41) is 5.35. The van der Waals surface area contributed by atoms with Gasteiger partial charge >= 0.3 is 0 Å². The second-order valence-corrected chi connectivity index (χ2v) is 6.19. The number of hydrogen-bond donors (Lipinski definition) is 2. The third kappa shape index (κ3) is 3.23. The third-order valence-corrected chi connectivity index (χ3v) is 4.89. The standard InChI is InChI=1S/C14H18F2N2OS/c1-3-17-12-10(15)6-9(7-11(12)16)13(19)18-8-14(20-2)4-5-14/h6-7,17H,3-5,8H2,1-2H3,(H,18,19). The molecular weight excluding hydrogens is 282 g/mol. The van der Waals surface area contributed by atoms with E-state index in [0.717, 1.165) is 25.0 Å². The summed E-state index contributed by atoms with van der Waals surface area (Å²) in [6.45, 7) is 2.69. The average molecular weight is 300 g/mol. The lowest BCUT2D eigenvalue weighted by Gasteiger charge is -2.14. The largest absolute Gasteiger partial charge is 0.381 e. The number of rotatable bonds is 6. The van der Waals surface area contributed by atoms with Crippen LogP contribution in [-0.4, -0.2) is 30.0 Å². The highest BCUT2D eigenvalue weighted by atomic mass is 32.2. The van der Waals surface area contributed by atoms with E-state index in [1.54, 1.807) is 18.7 Å². The topological polar surface area (TPSA) is 41.1 Å². The van der Waals surface area contributed by atoms with Gasteiger partial charge in [-0.15, -0.1) is 0 Å². The second-order valence-electron chi connectivity index (χ2n) is 4.92. The first-order chi connectivity index (χ1) is 9.51. The van der Waals surface area contributed by atoms with Gasteiger partial charge in [0.15, 0.2) is 0 Å². The van der Waals surface area contributed by atoms with E-state index in [2.05, 4.69) is 10.6 Å². The number of hydrogen-bond acceptors (Lipinski definition) is 3. The molecule has 0 aromatic heterocycles. The van der Waals surface area contributed by atoms with Crippen LogP contribution in [0.25, 0.3) is 0 Å². The summed E-state index contributed by atoms with van der Waals surface area (Å²) in [4.78, 5) is 11.9. The van der Waals surface area contributed by atoms with E-state index in [1.807, 2.05) is 6.26 Å². The van der Waals surface area contributed by atoms with Crippen LogP contribution in [0.4, 0.5) is 14.5 Å². The zero-order valence-corrected chi connectivity index (χ0v) is 12.4. The Morgan fingerprint density at radius 1 is 1.35 bits per heavy atom. The summed E-state index contributed by atoms with van der Waals surface area (Å²) in [7, 11) is 0. The van der Waals surface area contributed by atoms with Crippen LogP contribution in [0.1, 0.15) is 30.1 Å². The molecule has 1 fully saturated rings. The normalized spacial score (nSPS) is 15.8. The van der Waals surface area contributed by atoms with Crippen LogP contribution >= 0.6 is 11.8 Å². The molecule has 0 atom stereocenters. The van der Waals surface area contributed by atoms with Gasteiger partial charge in [0.2, 0.25) is 0 Å². The summed E-state index contributed by atoms with van der Waals surface area (Å²) in [5.74, 6) is -1.93. The van der Waals surface area contributed by atoms with Crippen molar-refractivity contribution in [3.8, 4) is 0 Å². The van der Waals surface area contributed by atoms with Crippen molar-refractivity contribution in [2.75, 3.05) is 24.7 Å². The van der Waals surface area contributed by atoms with Crippen molar-refractivity contribution in [1.29, 1.82) is 0 Å². The average Bonchev–Trinajstić information content (AvgIpc) is 3.20. The van der Waals surface area contributed by atoms with Crippen molar-refractivity contribution >= 4 is 23.4 Å². The lowest BCUT2D eigenvalue weighted by Crippen LogP contribution is -2.31.